The van der Waals surface area contributed by atoms with E-state index in [0.29, 0.717) is 6.42 Å². The summed E-state index contributed by atoms with van der Waals surface area (Å²) in [5, 5.41) is 15.5. The van der Waals surface area contributed by atoms with Gasteiger partial charge in [0, 0.05) is 5.56 Å². The smallest absolute Gasteiger partial charge is 0.315 e. The topological polar surface area (TPSA) is 61.4 Å². The van der Waals surface area contributed by atoms with Crippen LogP contribution in [0.5, 0.6) is 0 Å². The molecule has 0 bridgehead atoms. The zero-order chi connectivity index (χ0) is 17.3. The molecule has 24 heavy (non-hydrogen) atoms. The summed E-state index contributed by atoms with van der Waals surface area (Å²) in [6.07, 6.45) is -0.263. The number of nitrogens with one attached hydrogen (secondary N) is 2. The van der Waals surface area contributed by atoms with Crippen molar-refractivity contribution in [2.45, 2.75) is 31.5 Å². The first kappa shape index (κ1) is 16.4. The molecule has 0 saturated carbocycles. The number of urea groups is 1. The molecule has 0 aliphatic heterocycles. The van der Waals surface area contributed by atoms with Gasteiger partial charge in [-0.05, 0) is 30.5 Å². The number of aliphatic hydroxyl groups excluding tert-OH is 1. The van der Waals surface area contributed by atoms with Crippen LogP contribution in [0.3, 0.4) is 0 Å². The van der Waals surface area contributed by atoms with Crippen LogP contribution < -0.4 is 10.6 Å². The van der Waals surface area contributed by atoms with E-state index in [4.69, 9.17) is 0 Å². The van der Waals surface area contributed by atoms with Gasteiger partial charge in [0.05, 0.1) is 18.2 Å². The molecule has 0 fully saturated rings. The molecule has 1 aliphatic carbocycles. The quantitative estimate of drug-likeness (QED) is 0.809. The first-order chi connectivity index (χ1) is 11.5. The van der Waals surface area contributed by atoms with Crippen molar-refractivity contribution in [1.29, 1.82) is 0 Å². The molecule has 2 aromatic carbocycles. The largest absolute Gasteiger partial charge is 0.386 e. The van der Waals surface area contributed by atoms with Gasteiger partial charge in [-0.25, -0.2) is 13.6 Å². The number of hydrogen-bond acceptors (Lipinski definition) is 2. The summed E-state index contributed by atoms with van der Waals surface area (Å²) in [6, 6.07) is 9.58. The van der Waals surface area contributed by atoms with Crippen LogP contribution in [-0.4, -0.2) is 17.2 Å². The molecule has 4 nitrogen and oxygen atoms in total. The molecule has 1 unspecified atom stereocenters. The zero-order valence-electron chi connectivity index (χ0n) is 13.1. The number of hydrogen-bond donors (Lipinski definition) is 3. The molecule has 6 heteroatoms. The van der Waals surface area contributed by atoms with Crippen molar-refractivity contribution < 1.29 is 18.7 Å². The highest BCUT2D eigenvalue weighted by Crippen LogP contribution is 2.31. The minimum atomic E-state index is -0.974. The number of fused-ring (bicyclic) bond motifs is 1. The number of carbonyl (C=O) groups excluding carboxylic acids is 1. The van der Waals surface area contributed by atoms with Crippen LogP contribution in [0.4, 0.5) is 13.6 Å². The highest BCUT2D eigenvalue weighted by atomic mass is 19.2. The van der Waals surface area contributed by atoms with Crippen LogP contribution >= 0.6 is 0 Å². The lowest BCUT2D eigenvalue weighted by Crippen LogP contribution is -2.44. The number of benzene rings is 2. The van der Waals surface area contributed by atoms with Gasteiger partial charge in [0.15, 0.2) is 11.6 Å². The Hall–Kier alpha value is -2.47. The maximum Gasteiger partial charge on any atom is 0.315 e. The van der Waals surface area contributed by atoms with Gasteiger partial charge >= 0.3 is 6.03 Å². The molecule has 1 aliphatic rings. The summed E-state index contributed by atoms with van der Waals surface area (Å²) in [7, 11) is 0. The predicted molar refractivity (Wildman–Crippen MR) is 85.3 cm³/mol. The summed E-state index contributed by atoms with van der Waals surface area (Å²) >= 11 is 0. The van der Waals surface area contributed by atoms with E-state index >= 15 is 0 Å². The SMILES string of the molecule is CC(NC(=O)N[C@@H]1Cc2ccccc2[C@H]1O)c1cccc(F)c1F. The Morgan fingerprint density at radius 1 is 1.21 bits per heavy atom. The lowest BCUT2D eigenvalue weighted by atomic mass is 10.1. The van der Waals surface area contributed by atoms with Crippen LogP contribution in [0.15, 0.2) is 42.5 Å². The Morgan fingerprint density at radius 3 is 2.71 bits per heavy atom. The maximum atomic E-state index is 13.8. The van der Waals surface area contributed by atoms with E-state index in [1.165, 1.54) is 12.1 Å². The van der Waals surface area contributed by atoms with Crippen LogP contribution in [0.25, 0.3) is 0 Å². The van der Waals surface area contributed by atoms with Crippen molar-refractivity contribution in [2.24, 2.45) is 0 Å². The van der Waals surface area contributed by atoms with Gasteiger partial charge in [-0.1, -0.05) is 36.4 Å². The predicted octanol–water partition coefficient (Wildman–Crippen LogP) is 2.98. The summed E-state index contributed by atoms with van der Waals surface area (Å²) in [5.41, 5.74) is 1.85. The molecule has 0 radical (unpaired) electrons. The summed E-state index contributed by atoms with van der Waals surface area (Å²) < 4.78 is 27.0. The number of aliphatic hydroxyl groups is 1. The minimum Gasteiger partial charge on any atom is -0.386 e. The molecule has 2 aromatic rings. The first-order valence-corrected chi connectivity index (χ1v) is 7.74. The number of carbonyl (C=O) groups is 1. The molecule has 3 atom stereocenters. The molecule has 126 valence electrons. The Labute approximate surface area is 138 Å². The van der Waals surface area contributed by atoms with Gasteiger partial charge < -0.3 is 15.7 Å². The second kappa shape index (κ2) is 6.57. The number of rotatable bonds is 3. The molecular formula is C18H18F2N2O2. The molecule has 0 spiro atoms. The molecule has 2 amide bonds. The van der Waals surface area contributed by atoms with E-state index in [2.05, 4.69) is 10.6 Å². The van der Waals surface area contributed by atoms with Crippen LogP contribution in [0.1, 0.15) is 35.8 Å². The van der Waals surface area contributed by atoms with Crippen molar-refractivity contribution in [1.82, 2.24) is 10.6 Å². The Bertz CT molecular complexity index is 766. The monoisotopic (exact) mass is 332 g/mol. The Morgan fingerprint density at radius 2 is 1.96 bits per heavy atom. The van der Waals surface area contributed by atoms with E-state index < -0.39 is 35.9 Å². The van der Waals surface area contributed by atoms with Crippen LogP contribution in [-0.2, 0) is 6.42 Å². The van der Waals surface area contributed by atoms with Gasteiger partial charge in [0.25, 0.3) is 0 Å². The fourth-order valence-corrected chi connectivity index (χ4v) is 3.04. The van der Waals surface area contributed by atoms with Gasteiger partial charge in [0.2, 0.25) is 0 Å². The van der Waals surface area contributed by atoms with E-state index in [1.54, 1.807) is 6.92 Å². The van der Waals surface area contributed by atoms with Gasteiger partial charge in [-0.2, -0.15) is 0 Å². The van der Waals surface area contributed by atoms with Crippen molar-refractivity contribution in [3.8, 4) is 0 Å². The third kappa shape index (κ3) is 3.10. The third-order valence-electron chi connectivity index (χ3n) is 4.31. The Kier molecular flexibility index (Phi) is 4.49. The molecule has 0 saturated heterocycles. The maximum absolute atomic E-state index is 13.8. The normalized spacial score (nSPS) is 20.3. The average Bonchev–Trinajstić information content (AvgIpc) is 2.86. The second-order valence-corrected chi connectivity index (χ2v) is 5.94. The van der Waals surface area contributed by atoms with Gasteiger partial charge in [-0.3, -0.25) is 0 Å². The number of amides is 2. The molecule has 0 heterocycles. The minimum absolute atomic E-state index is 0.0698. The fourth-order valence-electron chi connectivity index (χ4n) is 3.04. The summed E-state index contributed by atoms with van der Waals surface area (Å²) in [6.45, 7) is 1.57. The lowest BCUT2D eigenvalue weighted by molar-refractivity contribution is 0.142. The molecule has 3 rings (SSSR count). The standard InChI is InChI=1S/C18H18F2N2O2/c1-10(12-7-4-8-14(19)16(12)20)21-18(24)22-15-9-11-5-2-3-6-13(11)17(15)23/h2-8,10,15,17,23H,9H2,1H3,(H2,21,22,24)/t10?,15-,17-/m1/s1. The highest BCUT2D eigenvalue weighted by molar-refractivity contribution is 5.75. The van der Waals surface area contributed by atoms with Crippen molar-refractivity contribution in [2.75, 3.05) is 0 Å². The van der Waals surface area contributed by atoms with Crippen molar-refractivity contribution in [3.63, 3.8) is 0 Å². The highest BCUT2D eigenvalue weighted by Gasteiger charge is 2.32. The molecule has 0 aromatic heterocycles. The van der Waals surface area contributed by atoms with E-state index in [9.17, 15) is 18.7 Å². The van der Waals surface area contributed by atoms with Crippen LogP contribution in [0, 0.1) is 11.6 Å². The summed E-state index contributed by atoms with van der Waals surface area (Å²) in [5.74, 6) is -1.93. The first-order valence-electron chi connectivity index (χ1n) is 7.74. The van der Waals surface area contributed by atoms with E-state index in [0.717, 1.165) is 17.2 Å². The third-order valence-corrected chi connectivity index (χ3v) is 4.31. The zero-order valence-corrected chi connectivity index (χ0v) is 13.1. The van der Waals surface area contributed by atoms with Gasteiger partial charge in [-0.15, -0.1) is 0 Å². The van der Waals surface area contributed by atoms with Crippen molar-refractivity contribution >= 4 is 6.03 Å². The second-order valence-electron chi connectivity index (χ2n) is 5.94. The van der Waals surface area contributed by atoms with E-state index in [1.807, 2.05) is 24.3 Å². The van der Waals surface area contributed by atoms with Gasteiger partial charge in [0.1, 0.15) is 0 Å². The molecule has 3 N–H and O–H groups in total. The fraction of sp³-hybridized carbons (Fsp3) is 0.278. The van der Waals surface area contributed by atoms with E-state index in [-0.39, 0.29) is 5.56 Å². The summed E-state index contributed by atoms with van der Waals surface area (Å²) in [4.78, 5) is 12.1. The molecular weight excluding hydrogens is 314 g/mol. The Balaban J connectivity index is 1.63. The van der Waals surface area contributed by atoms with Crippen LogP contribution in [0.2, 0.25) is 0 Å². The van der Waals surface area contributed by atoms with Crippen molar-refractivity contribution in [3.05, 3.63) is 70.8 Å². The average molecular weight is 332 g/mol. The number of halogens is 2. The lowest BCUT2D eigenvalue weighted by Gasteiger charge is -2.20.